The number of nitrogens with one attached hydrogen (secondary N) is 2. The van der Waals surface area contributed by atoms with E-state index in [-0.39, 0.29) is 105 Å². The molecule has 0 fully saturated rings. The summed E-state index contributed by atoms with van der Waals surface area (Å²) < 4.78 is 32.9. The third-order valence-corrected chi connectivity index (χ3v) is 8.93. The minimum absolute atomic E-state index is 0. The van der Waals surface area contributed by atoms with E-state index in [0.717, 1.165) is 29.1 Å². The zero-order valence-electron chi connectivity index (χ0n) is 29.6. The van der Waals surface area contributed by atoms with Gasteiger partial charge in [-0.25, -0.2) is 0 Å². The van der Waals surface area contributed by atoms with Crippen LogP contribution < -0.4 is 40.4 Å². The summed E-state index contributed by atoms with van der Waals surface area (Å²) in [6, 6.07) is 24.2. The van der Waals surface area contributed by atoms with E-state index in [4.69, 9.17) is 0 Å². The molecule has 0 aromatic heterocycles. The maximum absolute atomic E-state index is 12.6. The Labute approximate surface area is 350 Å². The fourth-order valence-corrected chi connectivity index (χ4v) is 6.17. The molecule has 5 aromatic carbocycles. The molecule has 0 saturated heterocycles. The molecule has 0 atom stereocenters. The smallest absolute Gasteiger partial charge is 0.506 e. The maximum Gasteiger partial charge on any atom is 1.00 e. The summed E-state index contributed by atoms with van der Waals surface area (Å²) in [5.41, 5.74) is 5.95. The van der Waals surface area contributed by atoms with Gasteiger partial charge in [0, 0.05) is 69.2 Å². The van der Waals surface area contributed by atoms with E-state index in [2.05, 4.69) is 21.1 Å². The van der Waals surface area contributed by atoms with E-state index < -0.39 is 36.3 Å². The number of nitro groups is 2. The van der Waals surface area contributed by atoms with Gasteiger partial charge in [0.15, 0.2) is 0 Å². The second-order valence-corrected chi connectivity index (χ2v) is 12.8. The number of carbonyl (C=O) groups is 2. The summed E-state index contributed by atoms with van der Waals surface area (Å²) in [6.45, 7) is 0. The largest absolute Gasteiger partial charge is 1.00 e. The molecule has 17 nitrogen and oxygen atoms in total. The van der Waals surface area contributed by atoms with E-state index >= 15 is 0 Å². The molecule has 0 bridgehead atoms. The summed E-state index contributed by atoms with van der Waals surface area (Å²) in [5, 5.41) is 51.3. The van der Waals surface area contributed by atoms with Gasteiger partial charge in [0.2, 0.25) is 11.6 Å². The Morgan fingerprint density at radius 2 is 1.29 bits per heavy atom. The maximum atomic E-state index is 12.6. The van der Waals surface area contributed by atoms with Gasteiger partial charge in [0.1, 0.15) is 39.2 Å². The second kappa shape index (κ2) is 17.6. The third kappa shape index (κ3) is 9.06. The minimum Gasteiger partial charge on any atom is -0.506 e. The predicted molar refractivity (Wildman–Crippen MR) is 200 cm³/mol. The molecule has 0 spiro atoms. The number of hydrogen-bond acceptors (Lipinski definition) is 14. The molecule has 0 heterocycles. The number of benzene rings is 5. The Hall–Kier alpha value is -6.06. The van der Waals surface area contributed by atoms with Crippen molar-refractivity contribution in [3.8, 4) is 11.5 Å². The quantitative estimate of drug-likeness (QED) is 0.0520. The molecule has 279 valence electrons. The molecule has 5 aromatic rings. The SMILES string of the molecule is O=C1C=C(S(=O)(=O)O)c2cc([N+](=O)[O-])ccc2/C1=N\Nc1c(O)ccc2ccccc12.O=C1C=Cc2ccccc2C1=NNc1cc([N+](=O)[O-])ccc1O.[Co].[H+].[Na+]. The van der Waals surface area contributed by atoms with Crippen molar-refractivity contribution in [3.63, 3.8) is 0 Å². The Balaban J connectivity index is 0.000000301. The molecule has 2 aliphatic carbocycles. The van der Waals surface area contributed by atoms with E-state index in [1.54, 1.807) is 36.4 Å². The van der Waals surface area contributed by atoms with Gasteiger partial charge >= 0.3 is 31.0 Å². The van der Waals surface area contributed by atoms with Gasteiger partial charge in [0.05, 0.1) is 9.85 Å². The zero-order valence-corrected chi connectivity index (χ0v) is 32.5. The van der Waals surface area contributed by atoms with Gasteiger partial charge in [0.25, 0.3) is 21.5 Å². The molecular formula is C36H25CoN6NaO11S+2. The van der Waals surface area contributed by atoms with E-state index in [1.165, 1.54) is 30.3 Å². The van der Waals surface area contributed by atoms with Crippen LogP contribution in [0, 0.1) is 20.2 Å². The first-order valence-electron chi connectivity index (χ1n) is 15.4. The van der Waals surface area contributed by atoms with Crippen LogP contribution in [-0.2, 0) is 36.5 Å². The molecule has 1 radical (unpaired) electrons. The Morgan fingerprint density at radius 3 is 2.00 bits per heavy atom. The number of non-ortho nitro benzene ring substituents is 2. The van der Waals surface area contributed by atoms with E-state index in [0.29, 0.717) is 17.0 Å². The van der Waals surface area contributed by atoms with Crippen LogP contribution in [0.1, 0.15) is 23.7 Å². The number of allylic oxidation sites excluding steroid dienone is 2. The fraction of sp³-hybridized carbons (Fsp3) is 0. The number of anilines is 2. The normalized spacial score (nSPS) is 14.3. The Kier molecular flexibility index (Phi) is 13.4. The number of hydrazone groups is 2. The van der Waals surface area contributed by atoms with Gasteiger partial charge in [-0.05, 0) is 35.2 Å². The van der Waals surface area contributed by atoms with Crippen LogP contribution in [0.15, 0.2) is 119 Å². The molecule has 0 amide bonds. The van der Waals surface area contributed by atoms with Crippen LogP contribution in [-0.4, -0.2) is 56.0 Å². The van der Waals surface area contributed by atoms with Crippen LogP contribution in [0.25, 0.3) is 21.8 Å². The first-order valence-corrected chi connectivity index (χ1v) is 16.9. The number of rotatable bonds is 7. The number of phenolic OH excluding ortho intramolecular Hbond substituents is 2. The number of nitro benzene ring substituents is 2. The summed E-state index contributed by atoms with van der Waals surface area (Å²) >= 11 is 0. The first kappa shape index (κ1) is 42.7. The monoisotopic (exact) mass is 831 g/mol. The first-order chi connectivity index (χ1) is 25.7. The standard InChI is InChI=1S/C20H13N3O7S.C16H11N3O4.Co.Na/c24-16-8-5-11-3-1-2-4-13(11)19(16)21-22-20-14-7-6-12(23(26)27)9-15(14)18(10-17(20)25)31(28,29)30;20-14-8-6-11(19(22)23)9-13(14)17-18-16-12-4-2-1-3-10(12)5-7-15(16)21;;/h1-10,21,24H,(H,28,29,30);1-9,17,20H;;/q;;;+1/p+1/b22-20+;;;. The number of fused-ring (bicyclic) bond motifs is 3. The van der Waals surface area contributed by atoms with Crippen molar-refractivity contribution >= 4 is 77.6 Å². The second-order valence-electron chi connectivity index (χ2n) is 11.4. The number of phenols is 2. The van der Waals surface area contributed by atoms with Crippen molar-refractivity contribution in [2.45, 2.75) is 0 Å². The van der Waals surface area contributed by atoms with Crippen LogP contribution in [0.4, 0.5) is 22.7 Å². The van der Waals surface area contributed by atoms with Gasteiger partial charge < -0.3 is 10.2 Å². The van der Waals surface area contributed by atoms with Crippen molar-refractivity contribution in [1.29, 1.82) is 0 Å². The fourth-order valence-electron chi connectivity index (χ4n) is 5.47. The van der Waals surface area contributed by atoms with Gasteiger partial charge in [-0.15, -0.1) is 0 Å². The van der Waals surface area contributed by atoms with Gasteiger partial charge in [-0.3, -0.25) is 45.2 Å². The average Bonchev–Trinajstić information content (AvgIpc) is 3.14. The summed E-state index contributed by atoms with van der Waals surface area (Å²) in [5.74, 6) is -1.47. The number of nitrogens with zero attached hydrogens (tertiary/aromatic N) is 4. The van der Waals surface area contributed by atoms with Crippen molar-refractivity contribution < 1.29 is 90.4 Å². The Bertz CT molecular complexity index is 2690. The molecule has 0 unspecified atom stereocenters. The number of aromatic hydroxyl groups is 2. The summed E-state index contributed by atoms with van der Waals surface area (Å²) in [4.78, 5) is 44.4. The van der Waals surface area contributed by atoms with Crippen LogP contribution in [0.2, 0.25) is 0 Å². The van der Waals surface area contributed by atoms with Gasteiger partial charge in [-0.2, -0.15) is 18.6 Å². The van der Waals surface area contributed by atoms with Crippen molar-refractivity contribution in [2.75, 3.05) is 10.9 Å². The molecule has 56 heavy (non-hydrogen) atoms. The molecule has 5 N–H and O–H groups in total. The minimum atomic E-state index is -4.84. The van der Waals surface area contributed by atoms with Gasteiger partial charge in [-0.1, -0.05) is 60.7 Å². The predicted octanol–water partition coefficient (Wildman–Crippen LogP) is 2.91. The topological polar surface area (TPSA) is 264 Å². The molecule has 0 aliphatic heterocycles. The molecule has 20 heteroatoms. The van der Waals surface area contributed by atoms with Crippen molar-refractivity contribution in [2.24, 2.45) is 10.2 Å². The van der Waals surface area contributed by atoms with Crippen LogP contribution in [0.3, 0.4) is 0 Å². The third-order valence-electron chi connectivity index (χ3n) is 8.04. The number of carbonyl (C=O) groups excluding carboxylic acids is 2. The van der Waals surface area contributed by atoms with Crippen molar-refractivity contribution in [1.82, 2.24) is 0 Å². The number of hydrogen-bond donors (Lipinski definition) is 5. The molecule has 2 aliphatic rings. The van der Waals surface area contributed by atoms with Crippen molar-refractivity contribution in [3.05, 3.63) is 152 Å². The van der Waals surface area contributed by atoms with Crippen LogP contribution in [0.5, 0.6) is 11.5 Å². The zero-order chi connectivity index (χ0) is 38.7. The van der Waals surface area contributed by atoms with E-state index in [9.17, 15) is 53.0 Å². The molecule has 7 rings (SSSR count). The summed E-state index contributed by atoms with van der Waals surface area (Å²) in [7, 11) is -4.84. The Morgan fingerprint density at radius 1 is 0.679 bits per heavy atom. The van der Waals surface area contributed by atoms with E-state index in [1.807, 2.05) is 24.3 Å². The number of ketones is 2. The summed E-state index contributed by atoms with van der Waals surface area (Å²) in [6.07, 6.45) is 3.74. The average molecular weight is 832 g/mol. The molecule has 0 saturated carbocycles. The van der Waals surface area contributed by atoms with Crippen LogP contribution >= 0.6 is 0 Å². The molecular weight excluding hydrogens is 806 g/mol.